The molecule has 8 heteroatoms. The van der Waals surface area contributed by atoms with Crippen molar-refractivity contribution in [2.24, 2.45) is 0 Å². The van der Waals surface area contributed by atoms with Crippen LogP contribution in [0.25, 0.3) is 28.3 Å². The first-order valence-electron chi connectivity index (χ1n) is 16.9. The van der Waals surface area contributed by atoms with Crippen molar-refractivity contribution in [3.05, 3.63) is 126 Å². The molecule has 2 aliphatic heterocycles. The van der Waals surface area contributed by atoms with E-state index < -0.39 is 0 Å². The van der Waals surface area contributed by atoms with Crippen LogP contribution in [0.15, 0.2) is 110 Å². The van der Waals surface area contributed by atoms with Crippen LogP contribution < -0.4 is 9.47 Å². The van der Waals surface area contributed by atoms with Crippen molar-refractivity contribution >= 4 is 17.9 Å². The summed E-state index contributed by atoms with van der Waals surface area (Å²) in [5, 5.41) is 18.7. The van der Waals surface area contributed by atoms with E-state index in [9.17, 15) is 14.9 Å². The highest BCUT2D eigenvalue weighted by Gasteiger charge is 2.24. The quantitative estimate of drug-likeness (QED) is 0.173. The molecular weight excluding hydrogens is 624 g/mol. The van der Waals surface area contributed by atoms with Crippen molar-refractivity contribution in [2.75, 3.05) is 26.2 Å². The number of benzene rings is 4. The second-order valence-corrected chi connectivity index (χ2v) is 12.5. The maximum atomic E-state index is 13.1. The lowest BCUT2D eigenvalue weighted by Crippen LogP contribution is -2.41. The minimum absolute atomic E-state index is 0.0245. The Morgan fingerprint density at radius 1 is 0.620 bits per heavy atom. The number of hydrogen-bond acceptors (Lipinski definition) is 6. The van der Waals surface area contributed by atoms with E-state index in [2.05, 4.69) is 18.7 Å². The highest BCUT2D eigenvalue weighted by atomic mass is 16.5. The van der Waals surface area contributed by atoms with Crippen LogP contribution >= 0.6 is 0 Å². The maximum absolute atomic E-state index is 13.1. The van der Waals surface area contributed by atoms with Gasteiger partial charge in [0.05, 0.1) is 23.3 Å². The summed E-state index contributed by atoms with van der Waals surface area (Å²) in [7, 11) is 0. The van der Waals surface area contributed by atoms with Gasteiger partial charge < -0.3 is 19.3 Å². The Morgan fingerprint density at radius 3 is 1.56 bits per heavy atom. The molecule has 4 aromatic rings. The monoisotopic (exact) mass is 662 g/mol. The number of nitrogens with zero attached hydrogens (tertiary/aromatic N) is 4. The van der Waals surface area contributed by atoms with Crippen LogP contribution in [0.1, 0.15) is 42.4 Å². The molecule has 2 saturated heterocycles. The number of likely N-dealkylation sites (tertiary alicyclic amines) is 2. The Balaban J connectivity index is 1.00. The molecule has 0 atom stereocenters. The number of ether oxygens (including phenoxy) is 2. The van der Waals surface area contributed by atoms with Crippen LogP contribution in [0.3, 0.4) is 0 Å². The summed E-state index contributed by atoms with van der Waals surface area (Å²) in [6.45, 7) is 6.06. The summed E-state index contributed by atoms with van der Waals surface area (Å²) in [5.41, 5.74) is 5.83. The number of carbonyl (C=O) groups excluding carboxylic acids is 2. The minimum atomic E-state index is -0.0691. The van der Waals surface area contributed by atoms with E-state index in [0.29, 0.717) is 37.3 Å². The zero-order valence-electron chi connectivity index (χ0n) is 27.8. The highest BCUT2D eigenvalue weighted by molar-refractivity contribution is 5.92. The Labute approximate surface area is 293 Å². The van der Waals surface area contributed by atoms with E-state index in [4.69, 9.17) is 14.7 Å². The van der Waals surface area contributed by atoms with E-state index in [1.807, 2.05) is 89.8 Å². The Kier molecular flexibility index (Phi) is 10.7. The number of piperidine rings is 2. The summed E-state index contributed by atoms with van der Waals surface area (Å²) in [5.74, 6) is 1.44. The van der Waals surface area contributed by atoms with Gasteiger partial charge in [-0.2, -0.15) is 10.5 Å². The lowest BCUT2D eigenvalue weighted by molar-refractivity contribution is -0.128. The summed E-state index contributed by atoms with van der Waals surface area (Å²) in [4.78, 5) is 28.6. The Hall–Kier alpha value is -6.12. The van der Waals surface area contributed by atoms with Crippen molar-refractivity contribution in [1.82, 2.24) is 9.80 Å². The molecule has 0 N–H and O–H groups in total. The molecule has 0 radical (unpaired) electrons. The molecule has 0 aliphatic carbocycles. The highest BCUT2D eigenvalue weighted by Crippen LogP contribution is 2.28. The van der Waals surface area contributed by atoms with Crippen molar-refractivity contribution in [3.8, 4) is 45.9 Å². The molecule has 6 rings (SSSR count). The molecule has 2 amide bonds. The summed E-state index contributed by atoms with van der Waals surface area (Å²) in [6, 6.07) is 33.2. The molecule has 250 valence electrons. The zero-order valence-corrected chi connectivity index (χ0v) is 27.8. The Bertz CT molecular complexity index is 1940. The lowest BCUT2D eigenvalue weighted by atomic mass is 9.99. The van der Waals surface area contributed by atoms with Crippen LogP contribution in [0.5, 0.6) is 11.5 Å². The molecule has 2 fully saturated rings. The maximum Gasteiger partial charge on any atom is 0.246 e. The largest absolute Gasteiger partial charge is 0.490 e. The van der Waals surface area contributed by atoms with Gasteiger partial charge in [-0.3, -0.25) is 9.59 Å². The van der Waals surface area contributed by atoms with E-state index in [1.54, 1.807) is 23.1 Å². The van der Waals surface area contributed by atoms with Gasteiger partial charge in [-0.1, -0.05) is 43.0 Å². The molecule has 8 nitrogen and oxygen atoms in total. The van der Waals surface area contributed by atoms with Gasteiger partial charge in [0, 0.05) is 57.9 Å². The van der Waals surface area contributed by atoms with Crippen LogP contribution in [-0.4, -0.2) is 60.0 Å². The van der Waals surface area contributed by atoms with E-state index in [1.165, 1.54) is 6.08 Å². The number of carbonyl (C=O) groups is 2. The number of nitriles is 2. The third-order valence-electron chi connectivity index (χ3n) is 9.18. The molecule has 0 spiro atoms. The van der Waals surface area contributed by atoms with Crippen molar-refractivity contribution in [1.29, 1.82) is 10.5 Å². The smallest absolute Gasteiger partial charge is 0.246 e. The number of rotatable bonds is 9. The third-order valence-corrected chi connectivity index (χ3v) is 9.18. The van der Waals surface area contributed by atoms with Gasteiger partial charge in [0.25, 0.3) is 0 Å². The molecule has 50 heavy (non-hydrogen) atoms. The zero-order chi connectivity index (χ0) is 34.9. The van der Waals surface area contributed by atoms with Gasteiger partial charge in [-0.15, -0.1) is 0 Å². The third kappa shape index (κ3) is 8.47. The van der Waals surface area contributed by atoms with Crippen LogP contribution in [-0.2, 0) is 9.59 Å². The fourth-order valence-corrected chi connectivity index (χ4v) is 6.34. The minimum Gasteiger partial charge on any atom is -0.490 e. The van der Waals surface area contributed by atoms with Gasteiger partial charge in [-0.25, -0.2) is 0 Å². The second kappa shape index (κ2) is 15.9. The van der Waals surface area contributed by atoms with Gasteiger partial charge in [0.1, 0.15) is 23.7 Å². The molecule has 2 aliphatic rings. The first kappa shape index (κ1) is 33.8. The normalized spacial score (nSPS) is 15.2. The molecule has 4 aromatic carbocycles. The predicted octanol–water partition coefficient (Wildman–Crippen LogP) is 7.40. The average Bonchev–Trinajstić information content (AvgIpc) is 3.17. The molecule has 2 heterocycles. The molecule has 0 saturated carbocycles. The number of amides is 2. The van der Waals surface area contributed by atoms with Crippen LogP contribution in [0.4, 0.5) is 0 Å². The lowest BCUT2D eigenvalue weighted by Gasteiger charge is -2.31. The fraction of sp³-hybridized carbons (Fsp3) is 0.238. The first-order chi connectivity index (χ1) is 24.4. The van der Waals surface area contributed by atoms with Crippen molar-refractivity contribution < 1.29 is 19.1 Å². The van der Waals surface area contributed by atoms with Gasteiger partial charge in [0.15, 0.2) is 0 Å². The van der Waals surface area contributed by atoms with Crippen molar-refractivity contribution in [2.45, 2.75) is 37.9 Å². The topological polar surface area (TPSA) is 107 Å². The van der Waals surface area contributed by atoms with Gasteiger partial charge >= 0.3 is 0 Å². The number of hydrogen-bond donors (Lipinski definition) is 0. The average molecular weight is 663 g/mol. The van der Waals surface area contributed by atoms with E-state index in [-0.39, 0.29) is 24.0 Å². The fourth-order valence-electron chi connectivity index (χ4n) is 6.34. The van der Waals surface area contributed by atoms with Crippen molar-refractivity contribution in [3.63, 3.8) is 0 Å². The SMILES string of the molecule is C=CC(=O)N1CCC(Oc2ccc(-c3cc(C#N)cc(/C=C/C(=O)N4CCC(Oc5ccc(-c6ccc(C#N)cc6)cc5)CC4)c3)cc2)CC1. The summed E-state index contributed by atoms with van der Waals surface area (Å²) < 4.78 is 12.4. The second-order valence-electron chi connectivity index (χ2n) is 12.5. The summed E-state index contributed by atoms with van der Waals surface area (Å²) in [6.07, 6.45) is 7.77. The molecule has 0 aromatic heterocycles. The van der Waals surface area contributed by atoms with E-state index >= 15 is 0 Å². The molecular formula is C42H38N4O4. The van der Waals surface area contributed by atoms with Crippen LogP contribution in [0, 0.1) is 22.7 Å². The van der Waals surface area contributed by atoms with E-state index in [0.717, 1.165) is 65.0 Å². The predicted molar refractivity (Wildman–Crippen MR) is 193 cm³/mol. The van der Waals surface area contributed by atoms with Crippen LogP contribution in [0.2, 0.25) is 0 Å². The molecule has 0 bridgehead atoms. The standard InChI is InChI=1S/C42H38N4O4/c1-2-41(47)45-21-17-39(18-22-45)50-38-14-10-35(11-15-38)36-26-31(25-32(27-36)29-44)5-16-42(48)46-23-19-40(20-24-46)49-37-12-8-34(9-13-37)33-6-3-30(28-43)4-7-33/h2-16,25-27,39-40H,1,17-24H2/b16-5+. The van der Waals surface area contributed by atoms with Gasteiger partial charge in [-0.05, 0) is 94.6 Å². The first-order valence-corrected chi connectivity index (χ1v) is 16.9. The summed E-state index contributed by atoms with van der Waals surface area (Å²) >= 11 is 0. The molecule has 0 unspecified atom stereocenters. The Morgan fingerprint density at radius 2 is 1.08 bits per heavy atom. The van der Waals surface area contributed by atoms with Gasteiger partial charge in [0.2, 0.25) is 11.8 Å².